The van der Waals surface area contributed by atoms with Gasteiger partial charge >= 0.3 is 17.9 Å². The van der Waals surface area contributed by atoms with Crippen molar-refractivity contribution in [2.75, 3.05) is 53.4 Å². The number of aromatic nitrogens is 5. The van der Waals surface area contributed by atoms with Crippen LogP contribution in [0.2, 0.25) is 0 Å². The number of carbonyl (C=O) groups excluding carboxylic acids is 6. The van der Waals surface area contributed by atoms with Crippen molar-refractivity contribution < 1.29 is 104 Å². The third kappa shape index (κ3) is 37.4. The number of benzene rings is 1. The molecule has 486 valence electrons. The van der Waals surface area contributed by atoms with E-state index in [0.717, 1.165) is 35.4 Å². The Morgan fingerprint density at radius 1 is 0.714 bits per heavy atom. The quantitative estimate of drug-likeness (QED) is 0.0108. The molecule has 0 bridgehead atoms. The molecule has 8 rings (SSSR count). The Labute approximate surface area is 561 Å². The standard InChI is InChI=1S/C16H16N2O2.C11H14N2O5.C10H12N2O2.C10H11NO3.C7H7NO2.C4H6O2.CH2Cl2.CH3NO2.BH.U/c19-15-8-14(9-17-15)13-6-7-16(20)18(11-13)10-12-4-2-1-3-5-12;1-18-11(15)4-9(6-13(16)17)8-2-3-10(7-14)12-5-8;13-6-9-2-1-7(4-11-9)8-3-10(14)12-5-8;1-14-10(13)5-3-8-2-4-9(7-12)11-6-8;9-4-6-1-2-7(5-10)8-3-6;1-3-4(5)6-2;2-1-3;1-2(3)4;;/h1-7,11,14H,8-10H2,(H,17,19);2-3,5,9,14H,4,6-7H2,1H3;1-2,4,8,13H,3,5-6H2,(H,12,14);2-6,12H,7H2,1H3;1-4,10H,5H2;3H,1H2,2H3;1H2;1H3;1H;/b;;;5-3+;;;;;;/i;;;;;;;;1D;. The number of esters is 3. The van der Waals surface area contributed by atoms with Crippen LogP contribution < -0.4 is 16.2 Å². The molecular formula is C60H72BCl2N9O18U. The Kier molecular flexibility index (Phi) is 45.7. The molecule has 27 nitrogen and oxygen atoms in total. The minimum Gasteiger partial charge on any atom is -0.469 e. The molecule has 0 spiro atoms. The number of methoxy groups -OCH3 is 3. The van der Waals surface area contributed by atoms with Gasteiger partial charge in [0.1, 0.15) is 0 Å². The summed E-state index contributed by atoms with van der Waals surface area (Å²) in [6.45, 7) is 4.29. The van der Waals surface area contributed by atoms with E-state index in [1.54, 1.807) is 71.6 Å². The van der Waals surface area contributed by atoms with Crippen molar-refractivity contribution in [1.29, 1.82) is 1.34 Å². The molecule has 3 unspecified atom stereocenters. The second-order valence-corrected chi connectivity index (χ2v) is 18.8. The number of pyridine rings is 5. The minimum absolute atomic E-state index is 0. The smallest absolute Gasteiger partial charge is 0.330 e. The fourth-order valence-corrected chi connectivity index (χ4v) is 7.21. The van der Waals surface area contributed by atoms with Gasteiger partial charge in [-0.05, 0) is 65.6 Å². The van der Waals surface area contributed by atoms with Gasteiger partial charge in [0.15, 0.2) is 13.3 Å². The number of carbonyl (C=O) groups is 6. The number of aldehydes is 1. The van der Waals surface area contributed by atoms with Gasteiger partial charge in [0.25, 0.3) is 5.56 Å². The maximum atomic E-state index is 11.9. The summed E-state index contributed by atoms with van der Waals surface area (Å²) in [6.07, 6.45) is 13.8. The van der Waals surface area contributed by atoms with Crippen LogP contribution in [0.3, 0.4) is 0 Å². The molecule has 2 aliphatic heterocycles. The summed E-state index contributed by atoms with van der Waals surface area (Å²) in [4.78, 5) is 110. The van der Waals surface area contributed by atoms with Gasteiger partial charge in [-0.3, -0.25) is 64.1 Å². The summed E-state index contributed by atoms with van der Waals surface area (Å²) in [5, 5.41) is 60.1. The third-order valence-electron chi connectivity index (χ3n) is 11.7. The molecule has 2 radical (unpaired) electrons. The van der Waals surface area contributed by atoms with E-state index in [1.807, 2.05) is 48.7 Å². The molecule has 3 atom stereocenters. The van der Waals surface area contributed by atoms with Crippen molar-refractivity contribution in [3.8, 4) is 0 Å². The van der Waals surface area contributed by atoms with Gasteiger partial charge < -0.3 is 49.8 Å². The summed E-state index contributed by atoms with van der Waals surface area (Å²) >= 11 is 9.53. The molecule has 6 N–H and O–H groups in total. The molecule has 5 aromatic heterocycles. The second-order valence-electron chi connectivity index (χ2n) is 18.0. The first-order chi connectivity index (χ1) is 43.7. The van der Waals surface area contributed by atoms with E-state index in [2.05, 4.69) is 59.7 Å². The van der Waals surface area contributed by atoms with Gasteiger partial charge in [-0.1, -0.05) is 61.2 Å². The van der Waals surface area contributed by atoms with Crippen molar-refractivity contribution in [2.24, 2.45) is 0 Å². The minimum atomic E-state index is -0.576. The first-order valence-corrected chi connectivity index (χ1v) is 27.5. The van der Waals surface area contributed by atoms with Crippen LogP contribution in [0.25, 0.3) is 6.08 Å². The summed E-state index contributed by atoms with van der Waals surface area (Å²) in [6, 6.07) is 26.9. The summed E-state index contributed by atoms with van der Waals surface area (Å²) in [5.74, 6) is -1.29. The first kappa shape index (κ1) is 82.6. The number of nitro groups is 2. The van der Waals surface area contributed by atoms with Crippen molar-refractivity contribution in [3.05, 3.63) is 227 Å². The van der Waals surface area contributed by atoms with Crippen molar-refractivity contribution in [1.82, 2.24) is 35.1 Å². The Morgan fingerprint density at radius 3 is 1.55 bits per heavy atom. The normalized spacial score (nSPS) is 13.1. The van der Waals surface area contributed by atoms with Gasteiger partial charge in [0, 0.05) is 142 Å². The molecule has 2 saturated heterocycles. The molecule has 0 saturated carbocycles. The zero-order valence-electron chi connectivity index (χ0n) is 51.2. The monoisotopic (exact) mass is 1530 g/mol. The molecule has 2 aliphatic rings. The summed E-state index contributed by atoms with van der Waals surface area (Å²) in [5.41, 5.74) is 7.36. The number of hydrogen-bond acceptors (Lipinski definition) is 22. The van der Waals surface area contributed by atoms with E-state index in [-0.39, 0.29) is 105 Å². The number of aliphatic hydroxyl groups is 4. The van der Waals surface area contributed by atoms with Gasteiger partial charge in [0.05, 0.1) is 94.8 Å². The summed E-state index contributed by atoms with van der Waals surface area (Å²) < 4.78 is 20.0. The van der Waals surface area contributed by atoms with Gasteiger partial charge in [-0.2, -0.15) is 0 Å². The Hall–Kier alpha value is -8.39. The van der Waals surface area contributed by atoms with E-state index in [0.29, 0.717) is 72.7 Å². The molecule has 1 aromatic carbocycles. The number of ether oxygens (including phenoxy) is 3. The van der Waals surface area contributed by atoms with Crippen LogP contribution >= 0.6 is 23.2 Å². The SMILES string of the molecule is C=CC(=O)OC.COC(=O)/C=C/c1ccc(CO)nc1.COC(=O)CC(C[N+](=O)[O-])c1ccc(CO)nc1.C[N+](=O)[O-].ClCCl.O=C1CC(c2ccc(=O)n(Cc3ccccc3)c2)CN1.O=C1CC(c2ccc(CO)nc2)CN1.O=Cc1ccc(CO)nc1.[2H][B].[U]. The predicted octanol–water partition coefficient (Wildman–Crippen LogP) is 4.33. The number of rotatable bonds is 17. The van der Waals surface area contributed by atoms with Crippen LogP contribution in [0.5, 0.6) is 0 Å². The third-order valence-corrected chi connectivity index (χ3v) is 11.7. The number of nitrogens with zero attached hydrogens (tertiary/aromatic N) is 7. The Morgan fingerprint density at radius 2 is 1.18 bits per heavy atom. The maximum absolute atomic E-state index is 11.9. The van der Waals surface area contributed by atoms with E-state index < -0.39 is 33.7 Å². The molecule has 6 aromatic rings. The van der Waals surface area contributed by atoms with Crippen LogP contribution in [0.15, 0.2) is 146 Å². The van der Waals surface area contributed by atoms with E-state index in [9.17, 15) is 43.7 Å². The van der Waals surface area contributed by atoms with Crippen LogP contribution in [-0.4, -0.2) is 154 Å². The number of halogens is 2. The number of hydrogen-bond donors (Lipinski definition) is 6. The molecule has 7 heterocycles. The van der Waals surface area contributed by atoms with Crippen LogP contribution in [0, 0.1) is 51.3 Å². The largest absolute Gasteiger partial charge is 0.469 e. The topological polar surface area (TPSA) is 395 Å². The van der Waals surface area contributed by atoms with Crippen LogP contribution in [0.4, 0.5) is 0 Å². The molecule has 2 amide bonds. The fourth-order valence-electron chi connectivity index (χ4n) is 7.21. The first-order valence-electron chi connectivity index (χ1n) is 27.0. The van der Waals surface area contributed by atoms with E-state index >= 15 is 0 Å². The maximum Gasteiger partial charge on any atom is 0.330 e. The average Bonchev–Trinajstić information content (AvgIpc) is 2.23. The molecule has 2 fully saturated rings. The number of amides is 2. The molecular weight excluding hydrogens is 1450 g/mol. The van der Waals surface area contributed by atoms with E-state index in [1.165, 1.54) is 39.8 Å². The van der Waals surface area contributed by atoms with Gasteiger partial charge in [-0.25, -0.2) is 9.59 Å². The van der Waals surface area contributed by atoms with Gasteiger partial charge in [-0.15, -0.1) is 23.2 Å². The number of alkyl halides is 2. The Bertz CT molecular complexity index is 3220. The van der Waals surface area contributed by atoms with E-state index in [4.69, 9.17) is 55.1 Å². The zero-order valence-corrected chi connectivity index (χ0v) is 55.9. The number of nitrogens with one attached hydrogen (secondary N) is 2. The van der Waals surface area contributed by atoms with Crippen LogP contribution in [-0.2, 0) is 71.2 Å². The number of aliphatic hydroxyl groups excluding tert-OH is 4. The molecule has 0 aliphatic carbocycles. The van der Waals surface area contributed by atoms with Crippen molar-refractivity contribution >= 4 is 73.7 Å². The van der Waals surface area contributed by atoms with Crippen molar-refractivity contribution in [2.45, 2.75) is 70.0 Å². The Balaban J connectivity index is 0. The zero-order chi connectivity index (χ0) is 68.5. The predicted molar refractivity (Wildman–Crippen MR) is 334 cm³/mol. The van der Waals surface area contributed by atoms with Gasteiger partial charge in [0.2, 0.25) is 18.4 Å². The average molecular weight is 1530 g/mol. The molecule has 31 heteroatoms. The summed E-state index contributed by atoms with van der Waals surface area (Å²) in [7, 11) is 8.50. The molecule has 91 heavy (non-hydrogen) atoms. The second kappa shape index (κ2) is 50.4. The van der Waals surface area contributed by atoms with Crippen LogP contribution in [0.1, 0.15) is 98.0 Å². The fraction of sp³-hybridized carbons (Fsp3) is 0.317. The van der Waals surface area contributed by atoms with Crippen molar-refractivity contribution in [3.63, 3.8) is 0 Å².